The van der Waals surface area contributed by atoms with Crippen LogP contribution in [0.4, 0.5) is 0 Å². The van der Waals surface area contributed by atoms with Gasteiger partial charge in [0, 0.05) is 0 Å². The van der Waals surface area contributed by atoms with Crippen LogP contribution in [0.3, 0.4) is 0 Å². The summed E-state index contributed by atoms with van der Waals surface area (Å²) in [7, 11) is 0. The van der Waals surface area contributed by atoms with Crippen LogP contribution < -0.4 is 0 Å². The quantitative estimate of drug-likeness (QED) is 0.334. The Morgan fingerprint density at radius 3 is 1.52 bits per heavy atom. The van der Waals surface area contributed by atoms with Crippen LogP contribution in [0.1, 0.15) is 24.0 Å². The second-order valence-corrected chi connectivity index (χ2v) is 38.4. The predicted octanol–water partition coefficient (Wildman–Crippen LogP) is 7.68. The molecule has 0 bridgehead atoms. The van der Waals surface area contributed by atoms with Crippen molar-refractivity contribution in [3.8, 4) is 11.5 Å². The zero-order valence-electron chi connectivity index (χ0n) is 17.1. The number of aromatic hydroxyl groups is 2. The number of phenols is 2. The minimum atomic E-state index is -3.35. The van der Waals surface area contributed by atoms with Gasteiger partial charge in [-0.15, -0.1) is 0 Å². The van der Waals surface area contributed by atoms with Crippen molar-refractivity contribution in [2.24, 2.45) is 0 Å². The summed E-state index contributed by atoms with van der Waals surface area (Å²) in [5.74, 6) is 1.39. The van der Waals surface area contributed by atoms with Gasteiger partial charge in [0.1, 0.15) is 0 Å². The first-order valence-corrected chi connectivity index (χ1v) is 18.8. The molecule has 0 aliphatic carbocycles. The van der Waals surface area contributed by atoms with Gasteiger partial charge in [-0.2, -0.15) is 0 Å². The fraction of sp³-hybridized carbons (Fsp3) is 0.481. The second kappa shape index (κ2) is 1.95. The van der Waals surface area contributed by atoms with Crippen molar-refractivity contribution in [3.05, 3.63) is 65.2 Å². The summed E-state index contributed by atoms with van der Waals surface area (Å²) >= 11 is 6.31. The van der Waals surface area contributed by atoms with Crippen molar-refractivity contribution in [2.45, 2.75) is 60.5 Å². The molecular weight excluding hydrogens is 448 g/mol. The Hall–Kier alpha value is -1.41. The van der Waals surface area contributed by atoms with Gasteiger partial charge in [-0.1, -0.05) is 0 Å². The first-order chi connectivity index (χ1) is 14.9. The number of fused-ring (bicyclic) bond motifs is 10. The number of rotatable bonds is 6. The van der Waals surface area contributed by atoms with Crippen molar-refractivity contribution >= 4 is 17.2 Å². The number of phenolic OH excluding ortho intramolecular Hbond substituents is 2. The average molecular weight is 473 g/mol. The molecule has 10 heterocycles. The predicted molar refractivity (Wildman–Crippen MR) is 119 cm³/mol. The van der Waals surface area contributed by atoms with Gasteiger partial charge in [0.2, 0.25) is 0 Å². The summed E-state index contributed by atoms with van der Waals surface area (Å²) < 4.78 is 0.677. The molecule has 4 atom stereocenters. The molecule has 0 saturated carbocycles. The van der Waals surface area contributed by atoms with Crippen molar-refractivity contribution in [3.63, 3.8) is 0 Å². The summed E-state index contributed by atoms with van der Waals surface area (Å²) in [4.78, 5) is 11.4. The zero-order chi connectivity index (χ0) is 20.3. The number of alkyl halides is 1. The molecule has 160 valence electrons. The maximum absolute atomic E-state index is 9.98. The average Bonchev–Trinajstić information content (AvgIpc) is 3.72. The van der Waals surface area contributed by atoms with E-state index in [2.05, 4.69) is 24.3 Å². The molecule has 10 saturated heterocycles. The first kappa shape index (κ1) is 14.7. The number of allylic oxidation sites excluding steroid dienone is 1. The molecule has 10 aliphatic rings. The van der Waals surface area contributed by atoms with Gasteiger partial charge >= 0.3 is 177 Å². The second-order valence-electron chi connectivity index (χ2n) is 14.4. The van der Waals surface area contributed by atoms with Crippen molar-refractivity contribution in [1.82, 2.24) is 0 Å². The van der Waals surface area contributed by atoms with Crippen LogP contribution in [0.25, 0.3) is 5.57 Å². The molecule has 4 unspecified atom stereocenters. The Kier molecular flexibility index (Phi) is 0.924. The molecule has 2 aromatic rings. The standard InChI is InChI=1S/C22H20ClO2.C5H5.Fe/c23-15-3-6-21(16-4-1-2-5-16)22(17-7-11-19(24)12-8-17)18-9-13-20(25)14-10-18;1-2-4-5-3-1;/h1-2,4-5,7-14,24-25H,3,6,15H2;1-5H;. The summed E-state index contributed by atoms with van der Waals surface area (Å²) in [5.41, 5.74) is 5.71. The van der Waals surface area contributed by atoms with E-state index in [-0.39, 0.29) is 0 Å². The van der Waals surface area contributed by atoms with Gasteiger partial charge in [-0.3, -0.25) is 0 Å². The fourth-order valence-corrected chi connectivity index (χ4v) is 94.1. The van der Waals surface area contributed by atoms with Gasteiger partial charge in [-0.05, 0) is 0 Å². The van der Waals surface area contributed by atoms with E-state index in [9.17, 15) is 10.2 Å². The van der Waals surface area contributed by atoms with Crippen LogP contribution in [-0.2, 0) is 6.51 Å². The molecular formula is C27H25ClFeO2. The van der Waals surface area contributed by atoms with E-state index >= 15 is 0 Å². The van der Waals surface area contributed by atoms with Crippen LogP contribution in [0.15, 0.2) is 54.1 Å². The van der Waals surface area contributed by atoms with Crippen LogP contribution >= 0.6 is 11.6 Å². The van der Waals surface area contributed by atoms with E-state index in [0.717, 1.165) is 18.7 Å². The summed E-state index contributed by atoms with van der Waals surface area (Å²) in [6, 6.07) is 15.8. The first-order valence-electron chi connectivity index (χ1n) is 12.0. The van der Waals surface area contributed by atoms with Crippen LogP contribution in [0, 0.1) is 0 Å². The molecule has 12 rings (SSSR count). The maximum atomic E-state index is 9.98. The number of benzene rings is 2. The Bertz CT molecular complexity index is 1580. The van der Waals surface area contributed by atoms with Crippen molar-refractivity contribution < 1.29 is 16.7 Å². The molecule has 0 radical (unpaired) electrons. The minimum absolute atomic E-state index is 0.328. The van der Waals surface area contributed by atoms with Crippen molar-refractivity contribution in [1.29, 1.82) is 0 Å². The molecule has 31 heavy (non-hydrogen) atoms. The molecule has 10 aliphatic heterocycles. The summed E-state index contributed by atoms with van der Waals surface area (Å²) in [6.45, 7) is -3.35. The van der Waals surface area contributed by atoms with E-state index in [0.29, 0.717) is 15.8 Å². The SMILES string of the molecule is Oc1ccc(C(=C(CCCCl)[C]23[CH]4[CH]5[CH]6[CH]2[Fe]56432789[CH]3[CH]2[CH]7[CH]8[CH]39)c2ccc(O)cc2)cc1. The molecule has 10 fully saturated rings. The Morgan fingerprint density at radius 2 is 1.19 bits per heavy atom. The summed E-state index contributed by atoms with van der Waals surface area (Å²) in [6.07, 6.45) is 2.21. The van der Waals surface area contributed by atoms with E-state index in [4.69, 9.17) is 11.6 Å². The van der Waals surface area contributed by atoms with Crippen LogP contribution in [0.2, 0.25) is 47.7 Å². The van der Waals surface area contributed by atoms with Gasteiger partial charge in [-0.25, -0.2) is 0 Å². The third kappa shape index (κ3) is 0.314. The molecule has 2 nitrogen and oxygen atoms in total. The summed E-state index contributed by atoms with van der Waals surface area (Å²) in [5, 5.41) is 20.0. The number of hydrogen-bond acceptors (Lipinski definition) is 2. The van der Waals surface area contributed by atoms with E-state index in [1.54, 1.807) is 5.57 Å². The molecule has 4 heteroatoms. The normalized spacial score (nSPS) is 70.3. The molecule has 2 N–H and O–H groups in total. The van der Waals surface area contributed by atoms with E-state index in [1.807, 2.05) is 24.3 Å². The zero-order valence-corrected chi connectivity index (χ0v) is 18.9. The molecule has 0 aromatic heterocycles. The van der Waals surface area contributed by atoms with Gasteiger partial charge < -0.3 is 0 Å². The number of hydrogen-bond donors (Lipinski definition) is 2. The fourth-order valence-electron chi connectivity index (χ4n) is 19.5. The third-order valence-corrected chi connectivity index (χ3v) is 61.0. The molecule has 1 spiro atoms. The van der Waals surface area contributed by atoms with E-state index in [1.165, 1.54) is 60.0 Å². The Labute approximate surface area is 176 Å². The van der Waals surface area contributed by atoms with Gasteiger partial charge in [0.25, 0.3) is 0 Å². The van der Waals surface area contributed by atoms with Crippen LogP contribution in [0.5, 0.6) is 11.5 Å². The Morgan fingerprint density at radius 1 is 0.742 bits per heavy atom. The monoisotopic (exact) mass is 472 g/mol. The van der Waals surface area contributed by atoms with Crippen LogP contribution in [-0.4, -0.2) is 16.1 Å². The molecule has 2 aromatic carbocycles. The van der Waals surface area contributed by atoms with Crippen molar-refractivity contribution in [2.75, 3.05) is 5.88 Å². The van der Waals surface area contributed by atoms with Gasteiger partial charge in [0.15, 0.2) is 0 Å². The number of halogens is 1. The third-order valence-electron chi connectivity index (χ3n) is 18.3. The topological polar surface area (TPSA) is 40.5 Å². The molecule has 0 amide bonds. The van der Waals surface area contributed by atoms with Gasteiger partial charge in [0.05, 0.1) is 0 Å². The Balaban J connectivity index is 1.21. The van der Waals surface area contributed by atoms with E-state index < -0.39 is 6.51 Å².